The first-order valence-electron chi connectivity index (χ1n) is 13.6. The molecular weight excluding hydrogens is 494 g/mol. The lowest BCUT2D eigenvalue weighted by Crippen LogP contribution is -2.46. The van der Waals surface area contributed by atoms with Crippen LogP contribution in [0.4, 0.5) is 0 Å². The predicted octanol–water partition coefficient (Wildman–Crippen LogP) is 0.663. The number of hydrogen-bond acceptors (Lipinski definition) is 9. The van der Waals surface area contributed by atoms with Crippen molar-refractivity contribution in [3.8, 4) is 0 Å². The largest absolute Gasteiger partial charge is 0.550 e. The average Bonchev–Trinajstić information content (AvgIpc) is 2.86. The molecule has 10 heteroatoms. The summed E-state index contributed by atoms with van der Waals surface area (Å²) in [6, 6.07) is 0. The molecule has 38 heavy (non-hydrogen) atoms. The fourth-order valence-electron chi connectivity index (χ4n) is 4.88. The normalized spacial score (nSPS) is 27.2. The molecule has 8 atom stereocenters. The van der Waals surface area contributed by atoms with E-state index in [2.05, 4.69) is 32.1 Å². The van der Waals surface area contributed by atoms with E-state index in [-0.39, 0.29) is 66.8 Å². The molecule has 0 aromatic carbocycles. The minimum Gasteiger partial charge on any atom is -0.550 e. The van der Waals surface area contributed by atoms with E-state index in [0.717, 1.165) is 12.8 Å². The van der Waals surface area contributed by atoms with E-state index in [1.165, 1.54) is 5.57 Å². The number of carboxylic acid groups (broad SMARTS) is 1. The number of carboxylic acids is 1. The lowest BCUT2D eigenvalue weighted by Gasteiger charge is -2.43. The zero-order valence-electron chi connectivity index (χ0n) is 23.5. The number of rotatable bonds is 13. The maximum Gasteiger partial charge on any atom is 0.308 e. The number of allylic oxidation sites excluding steroid dienone is 3. The van der Waals surface area contributed by atoms with Gasteiger partial charge in [-0.25, -0.2) is 0 Å². The van der Waals surface area contributed by atoms with E-state index < -0.39 is 24.6 Å². The van der Waals surface area contributed by atoms with Crippen LogP contribution in [0.15, 0.2) is 23.8 Å². The summed E-state index contributed by atoms with van der Waals surface area (Å²) in [4.78, 5) is 23.1. The fourth-order valence-corrected chi connectivity index (χ4v) is 4.88. The molecule has 2 aliphatic rings. The van der Waals surface area contributed by atoms with Crippen LogP contribution in [0.1, 0.15) is 66.2 Å². The zero-order valence-corrected chi connectivity index (χ0v) is 23.5. The van der Waals surface area contributed by atoms with Gasteiger partial charge in [0.25, 0.3) is 0 Å². The highest BCUT2D eigenvalue weighted by Gasteiger charge is 2.41. The Morgan fingerprint density at radius 2 is 1.74 bits per heavy atom. The van der Waals surface area contributed by atoms with Crippen molar-refractivity contribution in [2.75, 3.05) is 27.2 Å². The van der Waals surface area contributed by atoms with Gasteiger partial charge in [-0.05, 0) is 55.4 Å². The second kappa shape index (κ2) is 16.3. The van der Waals surface area contributed by atoms with Crippen molar-refractivity contribution in [1.29, 1.82) is 0 Å². The van der Waals surface area contributed by atoms with Gasteiger partial charge in [-0.3, -0.25) is 9.28 Å². The van der Waals surface area contributed by atoms with Crippen LogP contribution < -0.4 is 5.11 Å². The molecule has 2 rings (SSSR count). The van der Waals surface area contributed by atoms with E-state index >= 15 is 0 Å². The number of fused-ring (bicyclic) bond motifs is 1. The maximum absolute atomic E-state index is 12.5. The third-order valence-electron chi connectivity index (χ3n) is 7.68. The van der Waals surface area contributed by atoms with Crippen LogP contribution in [-0.4, -0.2) is 87.5 Å². The van der Waals surface area contributed by atoms with Crippen LogP contribution in [0.3, 0.4) is 0 Å². The second-order valence-electron chi connectivity index (χ2n) is 11.3. The van der Waals surface area contributed by atoms with E-state index in [1.807, 2.05) is 13.8 Å². The standard InChI is InChI=1S/C24H38O6.C4H12NO3/c1-5-15(3)24(29)30-21-11-14(2)10-17-7-6-16(4)20(23(17)21)9-8-18(25)12-19(26)13-22(27)28;1-5(2-6,3-7)4-8/h6-7,10,14-16,18-21,23,25-26H,5,8-9,11-13H2,1-4H3,(H,27,28);6-8H,2-4H2,1H3/q;+1/p-1/t14-,15-,16-,18+,19+,20-,21-,23-;/m0./s1. The molecule has 0 saturated heterocycles. The Hall–Kier alpha value is -1.82. The number of aliphatic hydroxyl groups excluding tert-OH is 5. The first-order valence-corrected chi connectivity index (χ1v) is 13.6. The molecule has 10 nitrogen and oxygen atoms in total. The van der Waals surface area contributed by atoms with Gasteiger partial charge < -0.3 is 40.2 Å². The molecule has 0 radical (unpaired) electrons. The van der Waals surface area contributed by atoms with Crippen molar-refractivity contribution in [3.63, 3.8) is 0 Å². The number of ether oxygens (including phenoxy) is 1. The smallest absolute Gasteiger partial charge is 0.308 e. The Labute approximate surface area is 226 Å². The molecule has 0 aromatic heterocycles. The van der Waals surface area contributed by atoms with Gasteiger partial charge in [-0.2, -0.15) is 0 Å². The summed E-state index contributed by atoms with van der Waals surface area (Å²) in [5.74, 6) is -0.705. The Morgan fingerprint density at radius 3 is 2.24 bits per heavy atom. The van der Waals surface area contributed by atoms with Crippen LogP contribution in [0.25, 0.3) is 0 Å². The summed E-state index contributed by atoms with van der Waals surface area (Å²) in [5, 5.41) is 56.0. The quantitative estimate of drug-likeness (QED) is 0.127. The van der Waals surface area contributed by atoms with Crippen molar-refractivity contribution in [1.82, 2.24) is 0 Å². The second-order valence-corrected chi connectivity index (χ2v) is 11.3. The highest BCUT2D eigenvalue weighted by Crippen LogP contribution is 2.45. The summed E-state index contributed by atoms with van der Waals surface area (Å²) in [5.41, 5.74) is 1.20. The zero-order chi connectivity index (χ0) is 29.0. The number of aliphatic hydroxyl groups is 5. The van der Waals surface area contributed by atoms with Crippen LogP contribution in [0.5, 0.6) is 0 Å². The Bertz CT molecular complexity index is 787. The Morgan fingerprint density at radius 1 is 1.13 bits per heavy atom. The number of carbonyl (C=O) groups is 2. The van der Waals surface area contributed by atoms with Crippen molar-refractivity contribution in [2.45, 2.75) is 84.5 Å². The molecule has 0 amide bonds. The number of nitrogens with zero attached hydrogens (tertiary/aromatic N) is 1. The summed E-state index contributed by atoms with van der Waals surface area (Å²) in [6.45, 7) is 7.41. The SMILES string of the molecule is CC[C@H](C)C(=O)O[C@H]1C[C@@H](C)C=C2C=C[C@H](C)[C@H](CC[C@@H](O)C[C@@H](O)CC(=O)[O-])[C@H]21.C[N+](CO)(CO)CO. The van der Waals surface area contributed by atoms with Crippen LogP contribution in [-0.2, 0) is 14.3 Å². The van der Waals surface area contributed by atoms with Gasteiger partial charge in [0.15, 0.2) is 20.2 Å². The van der Waals surface area contributed by atoms with Gasteiger partial charge in [-0.15, -0.1) is 0 Å². The minimum absolute atomic E-state index is 0.0156. The molecule has 0 aromatic rings. The summed E-state index contributed by atoms with van der Waals surface area (Å²) < 4.78 is 5.86. The molecule has 0 aliphatic heterocycles. The van der Waals surface area contributed by atoms with Gasteiger partial charge in [0.2, 0.25) is 0 Å². The van der Waals surface area contributed by atoms with E-state index in [1.54, 1.807) is 7.05 Å². The molecule has 0 heterocycles. The predicted molar refractivity (Wildman–Crippen MR) is 139 cm³/mol. The highest BCUT2D eigenvalue weighted by molar-refractivity contribution is 5.72. The average molecular weight is 544 g/mol. The molecule has 220 valence electrons. The van der Waals surface area contributed by atoms with Crippen molar-refractivity contribution in [2.24, 2.45) is 29.6 Å². The third-order valence-corrected chi connectivity index (χ3v) is 7.68. The summed E-state index contributed by atoms with van der Waals surface area (Å²) in [7, 11) is 1.54. The van der Waals surface area contributed by atoms with Crippen LogP contribution in [0.2, 0.25) is 0 Å². The van der Waals surface area contributed by atoms with Gasteiger partial charge >= 0.3 is 5.97 Å². The Kier molecular flexibility index (Phi) is 14.7. The lowest BCUT2D eigenvalue weighted by atomic mass is 9.65. The molecule has 0 saturated carbocycles. The summed E-state index contributed by atoms with van der Waals surface area (Å²) >= 11 is 0. The highest BCUT2D eigenvalue weighted by atomic mass is 16.5. The number of aliphatic carboxylic acids is 1. The molecule has 0 bridgehead atoms. The van der Waals surface area contributed by atoms with E-state index in [0.29, 0.717) is 18.8 Å². The topological polar surface area (TPSA) is 168 Å². The van der Waals surface area contributed by atoms with Crippen LogP contribution >= 0.6 is 0 Å². The Balaban J connectivity index is 0.000000781. The number of quaternary nitrogens is 1. The van der Waals surface area contributed by atoms with Crippen molar-refractivity contribution >= 4 is 11.9 Å². The van der Waals surface area contributed by atoms with E-state index in [9.17, 15) is 24.9 Å². The number of carbonyl (C=O) groups excluding carboxylic acids is 2. The van der Waals surface area contributed by atoms with Gasteiger partial charge in [-0.1, -0.05) is 45.9 Å². The number of esters is 1. The summed E-state index contributed by atoms with van der Waals surface area (Å²) in [6.07, 6.45) is 6.75. The maximum atomic E-state index is 12.5. The fraction of sp³-hybridized carbons (Fsp3) is 0.786. The number of hydrogen-bond donors (Lipinski definition) is 5. The van der Waals surface area contributed by atoms with Crippen LogP contribution in [0, 0.1) is 29.6 Å². The minimum atomic E-state index is -1.32. The molecule has 2 aliphatic carbocycles. The van der Waals surface area contributed by atoms with Crippen molar-refractivity contribution in [3.05, 3.63) is 23.8 Å². The van der Waals surface area contributed by atoms with Gasteiger partial charge in [0, 0.05) is 18.3 Å². The monoisotopic (exact) mass is 543 g/mol. The lowest BCUT2D eigenvalue weighted by molar-refractivity contribution is -0.959. The first-order chi connectivity index (χ1) is 17.8. The molecule has 0 fully saturated rings. The van der Waals surface area contributed by atoms with Gasteiger partial charge in [0.05, 0.1) is 25.2 Å². The first kappa shape index (κ1) is 34.2. The third kappa shape index (κ3) is 10.7. The molecule has 0 unspecified atom stereocenters. The molecule has 0 spiro atoms. The molecular formula is C28H49NO9. The van der Waals surface area contributed by atoms with E-state index in [4.69, 9.17) is 20.1 Å². The molecule has 5 N–H and O–H groups in total. The van der Waals surface area contributed by atoms with Crippen molar-refractivity contribution < 1.29 is 49.4 Å². The van der Waals surface area contributed by atoms with Gasteiger partial charge in [0.1, 0.15) is 6.10 Å².